The third-order valence-corrected chi connectivity index (χ3v) is 2.39. The van der Waals surface area contributed by atoms with Crippen molar-refractivity contribution < 1.29 is 18.7 Å². The Kier molecular flexibility index (Phi) is 9.20. The average Bonchev–Trinajstić information content (AvgIpc) is 1.86. The van der Waals surface area contributed by atoms with E-state index < -0.39 is 10.1 Å². The minimum atomic E-state index is -4.03. The van der Waals surface area contributed by atoms with Gasteiger partial charge in [-0.05, 0) is 18.6 Å². The summed E-state index contributed by atoms with van der Waals surface area (Å²) in [7, 11) is -4.03. The van der Waals surface area contributed by atoms with Crippen molar-refractivity contribution in [3.63, 3.8) is 0 Å². The summed E-state index contributed by atoms with van der Waals surface area (Å²) in [5.41, 5.74) is 0.551. The Morgan fingerprint density at radius 3 is 2.00 bits per heavy atom. The van der Waals surface area contributed by atoms with Crippen LogP contribution in [0.25, 0.3) is 0 Å². The maximum Gasteiger partial charge on any atom is 2.00 e. The Morgan fingerprint density at radius 1 is 1.23 bits per heavy atom. The van der Waals surface area contributed by atoms with Gasteiger partial charge in [0.1, 0.15) is 0 Å². The standard InChI is InChI=1S/C7H8O3S.2Ca.4H/c1-6-4-2-3-5-7(6)11(8,9)10;;;;;;/h2-5H,1H3,(H,8,9,10);;;;;;/q;2*+2;4*-1. The first-order valence-corrected chi connectivity index (χ1v) is 4.49. The molecule has 13 heavy (non-hydrogen) atoms. The number of aryl methyl sites for hydroxylation is 1. The summed E-state index contributed by atoms with van der Waals surface area (Å²) in [6.07, 6.45) is 0. The van der Waals surface area contributed by atoms with Gasteiger partial charge in [0.15, 0.2) is 0 Å². The second kappa shape index (κ2) is 7.01. The smallest absolute Gasteiger partial charge is 1.00 e. The Morgan fingerprint density at radius 2 is 1.69 bits per heavy atom. The van der Waals surface area contributed by atoms with Crippen LogP contribution in [0, 0.1) is 6.92 Å². The van der Waals surface area contributed by atoms with E-state index in [2.05, 4.69) is 0 Å². The number of rotatable bonds is 1. The van der Waals surface area contributed by atoms with Crippen LogP contribution in [0.4, 0.5) is 0 Å². The van der Waals surface area contributed by atoms with Gasteiger partial charge in [0.05, 0.1) is 4.90 Å². The van der Waals surface area contributed by atoms with Gasteiger partial charge in [0.25, 0.3) is 10.1 Å². The maximum atomic E-state index is 10.6. The molecular weight excluding hydrogens is 244 g/mol. The van der Waals surface area contributed by atoms with E-state index in [-0.39, 0.29) is 86.1 Å². The molecule has 0 saturated heterocycles. The number of hydrogen-bond acceptors (Lipinski definition) is 2. The van der Waals surface area contributed by atoms with E-state index in [1.54, 1.807) is 25.1 Å². The Balaban J connectivity index is -0.0000000504. The summed E-state index contributed by atoms with van der Waals surface area (Å²) in [4.78, 5) is -0.0278. The molecule has 0 fully saturated rings. The summed E-state index contributed by atoms with van der Waals surface area (Å²) in [5.74, 6) is 0. The fourth-order valence-electron chi connectivity index (χ4n) is 0.846. The SMILES string of the molecule is Cc1ccccc1S(=O)(=O)O.[Ca+2].[Ca+2].[H-].[H-].[H-].[H-]. The fraction of sp³-hybridized carbons (Fsp3) is 0.143. The molecule has 0 radical (unpaired) electrons. The molecule has 1 aromatic rings. The van der Waals surface area contributed by atoms with E-state index >= 15 is 0 Å². The minimum absolute atomic E-state index is 0. The molecule has 0 spiro atoms. The number of hydrogen-bond donors (Lipinski definition) is 1. The Labute approximate surface area is 144 Å². The molecule has 0 heterocycles. The zero-order valence-corrected chi connectivity index (χ0v) is 12.6. The molecule has 6 heteroatoms. The van der Waals surface area contributed by atoms with Crippen molar-refractivity contribution >= 4 is 85.6 Å². The summed E-state index contributed by atoms with van der Waals surface area (Å²) < 4.78 is 29.9. The van der Waals surface area contributed by atoms with Crippen molar-refractivity contribution in [2.24, 2.45) is 0 Å². The van der Waals surface area contributed by atoms with Gasteiger partial charge in [0, 0.05) is 0 Å². The van der Waals surface area contributed by atoms with Crippen molar-refractivity contribution in [2.75, 3.05) is 0 Å². The van der Waals surface area contributed by atoms with Gasteiger partial charge in [-0.1, -0.05) is 18.2 Å². The fourth-order valence-corrected chi connectivity index (χ4v) is 1.57. The molecule has 1 N–H and O–H groups in total. The van der Waals surface area contributed by atoms with Crippen molar-refractivity contribution in [2.45, 2.75) is 11.8 Å². The molecule has 1 aromatic carbocycles. The summed E-state index contributed by atoms with van der Waals surface area (Å²) in [6.45, 7) is 1.63. The van der Waals surface area contributed by atoms with E-state index in [0.717, 1.165) is 0 Å². The molecule has 0 bridgehead atoms. The van der Waals surface area contributed by atoms with Gasteiger partial charge < -0.3 is 5.71 Å². The zero-order chi connectivity index (χ0) is 8.48. The minimum Gasteiger partial charge on any atom is -1.00 e. The van der Waals surface area contributed by atoms with Gasteiger partial charge in [-0.3, -0.25) is 4.55 Å². The topological polar surface area (TPSA) is 54.4 Å². The first kappa shape index (κ1) is 17.1. The van der Waals surface area contributed by atoms with E-state index in [4.69, 9.17) is 4.55 Å². The van der Waals surface area contributed by atoms with E-state index in [0.29, 0.717) is 5.56 Å². The van der Waals surface area contributed by atoms with Crippen molar-refractivity contribution in [3.8, 4) is 0 Å². The van der Waals surface area contributed by atoms with E-state index in [9.17, 15) is 8.42 Å². The molecule has 3 nitrogen and oxygen atoms in total. The predicted octanol–water partition coefficient (Wildman–Crippen LogP) is 0.930. The molecule has 0 atom stereocenters. The largest absolute Gasteiger partial charge is 2.00 e. The first-order chi connectivity index (χ1) is 5.02. The molecule has 0 unspecified atom stereocenters. The van der Waals surface area contributed by atoms with Crippen LogP contribution in [0.3, 0.4) is 0 Å². The van der Waals surface area contributed by atoms with Crippen LogP contribution in [0.2, 0.25) is 0 Å². The predicted molar refractivity (Wildman–Crippen MR) is 56.9 cm³/mol. The Bertz CT molecular complexity index is 375. The summed E-state index contributed by atoms with van der Waals surface area (Å²) in [6, 6.07) is 6.27. The molecule has 0 aromatic heterocycles. The van der Waals surface area contributed by atoms with Crippen LogP contribution in [-0.2, 0) is 10.1 Å². The van der Waals surface area contributed by atoms with Gasteiger partial charge in [0.2, 0.25) is 0 Å². The number of benzene rings is 1. The van der Waals surface area contributed by atoms with Gasteiger partial charge in [-0.25, -0.2) is 0 Å². The van der Waals surface area contributed by atoms with Crippen LogP contribution in [0.15, 0.2) is 29.2 Å². The van der Waals surface area contributed by atoms with Crippen LogP contribution < -0.4 is 0 Å². The normalized spacial score (nSPS) is 9.69. The molecule has 0 aliphatic rings. The summed E-state index contributed by atoms with van der Waals surface area (Å²) in [5, 5.41) is 0. The van der Waals surface area contributed by atoms with Gasteiger partial charge in [-0.2, -0.15) is 8.42 Å². The molecule has 1 rings (SSSR count). The van der Waals surface area contributed by atoms with Gasteiger partial charge in [-0.15, -0.1) is 0 Å². The van der Waals surface area contributed by atoms with Gasteiger partial charge >= 0.3 is 75.5 Å². The third kappa shape index (κ3) is 5.33. The molecule has 0 aliphatic heterocycles. The van der Waals surface area contributed by atoms with Crippen molar-refractivity contribution in [3.05, 3.63) is 29.8 Å². The second-order valence-corrected chi connectivity index (χ2v) is 3.63. The van der Waals surface area contributed by atoms with E-state index in [1.165, 1.54) is 6.07 Å². The maximum absolute atomic E-state index is 10.6. The molecule has 0 aliphatic carbocycles. The monoisotopic (exact) mass is 256 g/mol. The van der Waals surface area contributed by atoms with Crippen molar-refractivity contribution in [1.29, 1.82) is 0 Å². The Hall–Kier alpha value is 1.65. The van der Waals surface area contributed by atoms with Crippen LogP contribution in [0.5, 0.6) is 0 Å². The van der Waals surface area contributed by atoms with Crippen LogP contribution in [0.1, 0.15) is 11.3 Å². The summed E-state index contributed by atoms with van der Waals surface area (Å²) >= 11 is 0. The zero-order valence-electron chi connectivity index (χ0n) is 11.4. The van der Waals surface area contributed by atoms with Crippen molar-refractivity contribution in [1.82, 2.24) is 0 Å². The molecular formula is C7H12Ca2O3S. The quantitative estimate of drug-likeness (QED) is 0.601. The average molecular weight is 256 g/mol. The first-order valence-electron chi connectivity index (χ1n) is 3.05. The van der Waals surface area contributed by atoms with Crippen LogP contribution in [-0.4, -0.2) is 88.4 Å². The van der Waals surface area contributed by atoms with Crippen LogP contribution >= 0.6 is 0 Å². The van der Waals surface area contributed by atoms with E-state index in [1.807, 2.05) is 0 Å². The molecule has 0 saturated carbocycles. The third-order valence-electron chi connectivity index (χ3n) is 1.37. The molecule has 68 valence electrons. The second-order valence-electron chi connectivity index (χ2n) is 2.24. The molecule has 0 amide bonds.